The van der Waals surface area contributed by atoms with Crippen LogP contribution in [0.15, 0.2) is 109 Å². The van der Waals surface area contributed by atoms with Crippen molar-refractivity contribution in [3.63, 3.8) is 0 Å². The summed E-state index contributed by atoms with van der Waals surface area (Å²) in [6.07, 6.45) is 10.6. The van der Waals surface area contributed by atoms with Crippen LogP contribution in [-0.4, -0.2) is 103 Å². The Hall–Kier alpha value is -7.17. The molecular weight excluding hydrogens is 997 g/mol. The van der Waals surface area contributed by atoms with Crippen molar-refractivity contribution in [1.82, 2.24) is 42.1 Å². The highest BCUT2D eigenvalue weighted by Gasteiger charge is 2.46. The smallest absolute Gasteiger partial charge is 0.251 e. The average molecular weight is 1080 g/mol. The van der Waals surface area contributed by atoms with E-state index in [1.807, 2.05) is 99.7 Å². The Morgan fingerprint density at radius 2 is 1.19 bits per heavy atom. The molecule has 4 aromatic carbocycles. The van der Waals surface area contributed by atoms with E-state index in [1.165, 1.54) is 16.0 Å². The molecule has 16 nitrogen and oxygen atoms in total. The fraction of sp³-hybridized carbons (Fsp3) is 0.476. The minimum absolute atomic E-state index is 0.0770. The standard InChI is InChI=1S/C63H80N8O8/c1-38(64-6)57(73)69-53(55(72)49-22-12-13-23-50(49)60(76)67-51-24-14-18-42-16-8-10-20-47(42)51)34-40-28-32-46(33-29-40)79-37-41-26-30-44(31-27-41)59(75)66-45-35-54(61(77)68-52-25-15-19-43-17-9-11-21-48(43)52)71(36-45)62(78)56(63(3,4)5)70-58(74)39(2)65-7/h8-13,16-17,20-21,26-33,38-39,45,49-54,56,64-65H,14-15,18-19,22-25,34-37H2,1-7H3,(H,66,75)(H,67,76)(H,68,77)(H,69,73)(H,70,74)/t38-,39-,45-,49-,50+,51+,52+,53-,54-,56+/m0/s1. The van der Waals surface area contributed by atoms with Gasteiger partial charge in [0.2, 0.25) is 29.5 Å². The molecule has 0 radical (unpaired) electrons. The largest absolute Gasteiger partial charge is 0.489 e. The Bertz CT molecular complexity index is 2860. The zero-order valence-electron chi connectivity index (χ0n) is 46.9. The molecule has 0 saturated carbocycles. The number of hydrogen-bond acceptors (Lipinski definition) is 10. The molecule has 79 heavy (non-hydrogen) atoms. The van der Waals surface area contributed by atoms with Crippen molar-refractivity contribution in [2.45, 2.75) is 154 Å². The van der Waals surface area contributed by atoms with Gasteiger partial charge in [0.15, 0.2) is 5.78 Å². The van der Waals surface area contributed by atoms with E-state index in [2.05, 4.69) is 55.4 Å². The highest BCUT2D eigenvalue weighted by molar-refractivity contribution is 5.97. The van der Waals surface area contributed by atoms with E-state index < -0.39 is 59.4 Å². The first kappa shape index (κ1) is 58.0. The number of hydrogen-bond donors (Lipinski definition) is 7. The van der Waals surface area contributed by atoms with Crippen LogP contribution in [0.4, 0.5) is 0 Å². The molecule has 1 heterocycles. The molecule has 6 amide bonds. The summed E-state index contributed by atoms with van der Waals surface area (Å²) in [5.41, 5.74) is 5.94. The van der Waals surface area contributed by atoms with Crippen LogP contribution in [0.1, 0.15) is 135 Å². The van der Waals surface area contributed by atoms with Crippen LogP contribution >= 0.6 is 0 Å². The van der Waals surface area contributed by atoms with Gasteiger partial charge in [-0.25, -0.2) is 0 Å². The minimum atomic E-state index is -0.941. The normalized spacial score (nSPS) is 22.1. The number of ether oxygens (including phenoxy) is 1. The first-order chi connectivity index (χ1) is 37.9. The number of aryl methyl sites for hydroxylation is 2. The number of nitrogens with zero attached hydrogens (tertiary/aromatic N) is 1. The number of benzene rings is 4. The van der Waals surface area contributed by atoms with Gasteiger partial charge < -0.3 is 46.9 Å². The van der Waals surface area contributed by atoms with Crippen molar-refractivity contribution in [2.75, 3.05) is 20.6 Å². The Morgan fingerprint density at radius 3 is 1.77 bits per heavy atom. The third-order valence-corrected chi connectivity index (χ3v) is 16.4. The SMILES string of the molecule is CN[C@@H](C)C(=O)N[C@@H](Cc1ccc(OCc2ccc(C(=O)N[C@H]3C[C@@H](C(=O)N[C@@H]4CCCc5ccccc54)N(C(=O)[C@@H](NC(=O)[C@H](C)NC)C(C)(C)C)C3)cc2)cc1)C(=O)[C@H]1CC=CC[C@H]1C(=O)N[C@@H]1CCCc2ccccc21. The Balaban J connectivity index is 0.893. The van der Waals surface area contributed by atoms with Crippen molar-refractivity contribution >= 4 is 41.2 Å². The van der Waals surface area contributed by atoms with E-state index in [-0.39, 0.29) is 73.4 Å². The van der Waals surface area contributed by atoms with E-state index in [4.69, 9.17) is 4.74 Å². The van der Waals surface area contributed by atoms with E-state index in [0.717, 1.165) is 60.8 Å². The highest BCUT2D eigenvalue weighted by Crippen LogP contribution is 2.35. The Morgan fingerprint density at radius 1 is 0.646 bits per heavy atom. The first-order valence-corrected chi connectivity index (χ1v) is 28.2. The van der Waals surface area contributed by atoms with Gasteiger partial charge in [-0.1, -0.05) is 106 Å². The Kier molecular flexibility index (Phi) is 19.2. The molecule has 7 N–H and O–H groups in total. The maximum absolute atomic E-state index is 14.6. The van der Waals surface area contributed by atoms with Gasteiger partial charge in [0.1, 0.15) is 24.4 Å². The number of ketones is 1. The van der Waals surface area contributed by atoms with E-state index >= 15 is 0 Å². The lowest BCUT2D eigenvalue weighted by molar-refractivity contribution is -0.144. The lowest BCUT2D eigenvalue weighted by Crippen LogP contribution is -2.59. The number of allylic oxidation sites excluding steroid dienone is 2. The topological polar surface area (TPSA) is 216 Å². The Labute approximate surface area is 465 Å². The fourth-order valence-electron chi connectivity index (χ4n) is 11.5. The summed E-state index contributed by atoms with van der Waals surface area (Å²) in [5.74, 6) is -2.62. The summed E-state index contributed by atoms with van der Waals surface area (Å²) >= 11 is 0. The first-order valence-electron chi connectivity index (χ1n) is 28.2. The number of rotatable bonds is 20. The van der Waals surface area contributed by atoms with Gasteiger partial charge in [-0.3, -0.25) is 33.6 Å². The summed E-state index contributed by atoms with van der Waals surface area (Å²) in [6.45, 7) is 9.34. The molecule has 16 heteroatoms. The number of carbonyl (C=O) groups is 7. The number of amides is 6. The van der Waals surface area contributed by atoms with Crippen molar-refractivity contribution in [1.29, 1.82) is 0 Å². The monoisotopic (exact) mass is 1080 g/mol. The van der Waals surface area contributed by atoms with Gasteiger partial charge >= 0.3 is 0 Å². The number of Topliss-reactive ketones (excluding diaryl/α,β-unsaturated/α-hetero) is 1. The molecule has 8 rings (SSSR count). The van der Waals surface area contributed by atoms with E-state index in [0.29, 0.717) is 24.2 Å². The van der Waals surface area contributed by atoms with Crippen LogP contribution in [0, 0.1) is 17.3 Å². The quantitative estimate of drug-likeness (QED) is 0.0492. The predicted molar refractivity (Wildman–Crippen MR) is 304 cm³/mol. The lowest BCUT2D eigenvalue weighted by atomic mass is 9.76. The molecule has 0 bridgehead atoms. The zero-order chi connectivity index (χ0) is 56.4. The molecule has 0 spiro atoms. The van der Waals surface area contributed by atoms with Gasteiger partial charge in [-0.2, -0.15) is 0 Å². The predicted octanol–water partition coefficient (Wildman–Crippen LogP) is 6.28. The number of carbonyl (C=O) groups excluding carboxylic acids is 7. The average Bonchev–Trinajstić information content (AvgIpc) is 4.06. The lowest BCUT2D eigenvalue weighted by Gasteiger charge is -2.36. The maximum atomic E-state index is 14.6. The van der Waals surface area contributed by atoms with Crippen LogP contribution in [0.2, 0.25) is 0 Å². The molecule has 1 saturated heterocycles. The second-order valence-electron chi connectivity index (χ2n) is 23.0. The number of likely N-dealkylation sites (tertiary alicyclic amines) is 1. The molecular formula is C63H80N8O8. The van der Waals surface area contributed by atoms with Crippen LogP contribution in [-0.2, 0) is 54.6 Å². The maximum Gasteiger partial charge on any atom is 0.251 e. The summed E-state index contributed by atoms with van der Waals surface area (Å²) < 4.78 is 6.16. The molecule has 10 atom stereocenters. The summed E-state index contributed by atoms with van der Waals surface area (Å²) in [7, 11) is 3.36. The molecule has 1 fully saturated rings. The van der Waals surface area contributed by atoms with Crippen molar-refractivity contribution in [2.24, 2.45) is 17.3 Å². The number of nitrogens with one attached hydrogen (secondary N) is 7. The van der Waals surface area contributed by atoms with Crippen LogP contribution in [0.3, 0.4) is 0 Å². The summed E-state index contributed by atoms with van der Waals surface area (Å²) in [6, 6.07) is 26.0. The van der Waals surface area contributed by atoms with Gasteiger partial charge in [-0.15, -0.1) is 0 Å². The summed E-state index contributed by atoms with van der Waals surface area (Å²) in [4.78, 5) is 99.4. The highest BCUT2D eigenvalue weighted by atomic mass is 16.5. The molecule has 0 aromatic heterocycles. The van der Waals surface area contributed by atoms with Crippen LogP contribution in [0.5, 0.6) is 5.75 Å². The third kappa shape index (κ3) is 14.4. The second kappa shape index (κ2) is 26.2. The van der Waals surface area contributed by atoms with Crippen LogP contribution < -0.4 is 42.0 Å². The molecule has 0 unspecified atom stereocenters. The van der Waals surface area contributed by atoms with Crippen molar-refractivity contribution in [3.05, 3.63) is 148 Å². The fourth-order valence-corrected chi connectivity index (χ4v) is 11.5. The van der Waals surface area contributed by atoms with Gasteiger partial charge in [0.05, 0.1) is 36.1 Å². The summed E-state index contributed by atoms with van der Waals surface area (Å²) in [5, 5.41) is 21.4. The van der Waals surface area contributed by atoms with Crippen molar-refractivity contribution in [3.8, 4) is 5.75 Å². The molecule has 3 aliphatic carbocycles. The third-order valence-electron chi connectivity index (χ3n) is 16.4. The molecule has 4 aliphatic rings. The minimum Gasteiger partial charge on any atom is -0.489 e. The van der Waals surface area contributed by atoms with Crippen molar-refractivity contribution < 1.29 is 38.3 Å². The van der Waals surface area contributed by atoms with Crippen LogP contribution in [0.25, 0.3) is 0 Å². The van der Waals surface area contributed by atoms with E-state index in [9.17, 15) is 33.6 Å². The van der Waals surface area contributed by atoms with Gasteiger partial charge in [0.25, 0.3) is 5.91 Å². The van der Waals surface area contributed by atoms with E-state index in [1.54, 1.807) is 40.1 Å². The number of fused-ring (bicyclic) bond motifs is 2. The molecule has 4 aromatic rings. The molecule has 420 valence electrons. The second-order valence-corrected chi connectivity index (χ2v) is 23.0. The van der Waals surface area contributed by atoms with Gasteiger partial charge in [0, 0.05) is 24.1 Å². The van der Waals surface area contributed by atoms with Gasteiger partial charge in [-0.05, 0) is 155 Å². The number of likely N-dealkylation sites (N-methyl/N-ethyl adjacent to an activating group) is 2. The zero-order valence-corrected chi connectivity index (χ0v) is 46.9. The molecule has 1 aliphatic heterocycles.